The van der Waals surface area contributed by atoms with Gasteiger partial charge in [0.05, 0.1) is 36.3 Å². The third-order valence-corrected chi connectivity index (χ3v) is 3.59. The number of nitriles is 1. The minimum Gasteiger partial charge on any atom is -0.495 e. The van der Waals surface area contributed by atoms with E-state index in [0.717, 1.165) is 22.4 Å². The average Bonchev–Trinajstić information content (AvgIpc) is 2.91. The molecule has 2 aromatic carbocycles. The number of nitrogens with two attached hydrogens (primary N) is 1. The molecule has 0 aliphatic carbocycles. The number of nitrogen functional groups attached to an aromatic ring is 1. The summed E-state index contributed by atoms with van der Waals surface area (Å²) < 4.78 is 7.25. The summed E-state index contributed by atoms with van der Waals surface area (Å²) in [5.74, 6) is 1.45. The van der Waals surface area contributed by atoms with Crippen LogP contribution in [0.3, 0.4) is 0 Å². The van der Waals surface area contributed by atoms with Crippen LogP contribution < -0.4 is 10.5 Å². The molecule has 0 fully saturated rings. The Hall–Kier alpha value is -3.00. The molecule has 0 radical (unpaired) electrons. The van der Waals surface area contributed by atoms with Gasteiger partial charge in [0, 0.05) is 12.1 Å². The number of para-hydroxylation sites is 2. The number of rotatable bonds is 4. The van der Waals surface area contributed by atoms with Gasteiger partial charge in [0.2, 0.25) is 0 Å². The topological polar surface area (TPSA) is 76.9 Å². The smallest absolute Gasteiger partial charge is 0.141 e. The zero-order valence-electron chi connectivity index (χ0n) is 12.3. The van der Waals surface area contributed by atoms with Crippen LogP contribution in [0.2, 0.25) is 0 Å². The van der Waals surface area contributed by atoms with Crippen molar-refractivity contribution in [1.29, 1.82) is 5.26 Å². The van der Waals surface area contributed by atoms with E-state index in [-0.39, 0.29) is 0 Å². The Balaban J connectivity index is 2.17. The van der Waals surface area contributed by atoms with E-state index >= 15 is 0 Å². The van der Waals surface area contributed by atoms with Crippen LogP contribution in [0.25, 0.3) is 22.4 Å². The molecule has 0 aliphatic rings. The molecule has 0 saturated heterocycles. The normalized spacial score (nSPS) is 10.5. The highest BCUT2D eigenvalue weighted by atomic mass is 16.5. The summed E-state index contributed by atoms with van der Waals surface area (Å²) in [5, 5.41) is 8.89. The van der Waals surface area contributed by atoms with Gasteiger partial charge >= 0.3 is 0 Å². The minimum absolute atomic E-state index is 0.430. The summed E-state index contributed by atoms with van der Waals surface area (Å²) >= 11 is 0. The summed E-state index contributed by atoms with van der Waals surface area (Å²) in [6.45, 7) is 0.596. The lowest BCUT2D eigenvalue weighted by atomic mass is 10.1. The average molecular weight is 292 g/mol. The number of hydrogen-bond donors (Lipinski definition) is 1. The molecule has 3 rings (SSSR count). The van der Waals surface area contributed by atoms with Crippen LogP contribution in [0.5, 0.6) is 5.75 Å². The molecular formula is C17H16N4O. The molecule has 3 aromatic rings. The highest BCUT2D eigenvalue weighted by Gasteiger charge is 2.13. The number of aryl methyl sites for hydroxylation is 1. The van der Waals surface area contributed by atoms with E-state index in [1.807, 2.05) is 42.5 Å². The number of anilines is 1. The van der Waals surface area contributed by atoms with Crippen LogP contribution in [-0.4, -0.2) is 16.7 Å². The molecule has 0 amide bonds. The molecule has 5 nitrogen and oxygen atoms in total. The van der Waals surface area contributed by atoms with E-state index in [1.165, 1.54) is 0 Å². The van der Waals surface area contributed by atoms with E-state index < -0.39 is 0 Å². The van der Waals surface area contributed by atoms with Gasteiger partial charge in [-0.15, -0.1) is 0 Å². The SMILES string of the molecule is COc1ccc(-c2nc3ccccc3n2CCC#N)cc1N. The number of hydrogen-bond acceptors (Lipinski definition) is 4. The summed E-state index contributed by atoms with van der Waals surface area (Å²) in [6.07, 6.45) is 0.430. The number of ether oxygens (including phenoxy) is 1. The number of imidazole rings is 1. The van der Waals surface area contributed by atoms with Gasteiger partial charge in [0.25, 0.3) is 0 Å². The Morgan fingerprint density at radius 1 is 1.27 bits per heavy atom. The Morgan fingerprint density at radius 2 is 2.09 bits per heavy atom. The number of nitrogens with zero attached hydrogens (tertiary/aromatic N) is 3. The minimum atomic E-state index is 0.430. The Kier molecular flexibility index (Phi) is 3.67. The van der Waals surface area contributed by atoms with Crippen molar-refractivity contribution in [1.82, 2.24) is 9.55 Å². The summed E-state index contributed by atoms with van der Waals surface area (Å²) in [5.41, 5.74) is 9.40. The molecule has 22 heavy (non-hydrogen) atoms. The lowest BCUT2D eigenvalue weighted by Crippen LogP contribution is -2.01. The van der Waals surface area contributed by atoms with Crippen LogP contribution in [0.1, 0.15) is 6.42 Å². The number of fused-ring (bicyclic) bond motifs is 1. The van der Waals surface area contributed by atoms with Crippen LogP contribution in [0.15, 0.2) is 42.5 Å². The second-order valence-corrected chi connectivity index (χ2v) is 4.94. The monoisotopic (exact) mass is 292 g/mol. The summed E-state index contributed by atoms with van der Waals surface area (Å²) in [4.78, 5) is 4.69. The van der Waals surface area contributed by atoms with Gasteiger partial charge in [-0.05, 0) is 30.3 Å². The Labute approximate surface area is 128 Å². The molecular weight excluding hydrogens is 276 g/mol. The van der Waals surface area contributed by atoms with Crippen molar-refractivity contribution in [2.24, 2.45) is 0 Å². The maximum absolute atomic E-state index is 8.89. The zero-order chi connectivity index (χ0) is 15.5. The number of methoxy groups -OCH3 is 1. The molecule has 0 bridgehead atoms. The fraction of sp³-hybridized carbons (Fsp3) is 0.176. The third kappa shape index (κ3) is 2.35. The first-order valence-electron chi connectivity index (χ1n) is 7.00. The first kappa shape index (κ1) is 14.0. The molecule has 110 valence electrons. The summed E-state index contributed by atoms with van der Waals surface area (Å²) in [7, 11) is 1.59. The van der Waals surface area contributed by atoms with Gasteiger partial charge in [-0.3, -0.25) is 0 Å². The first-order chi connectivity index (χ1) is 10.7. The Morgan fingerprint density at radius 3 is 2.82 bits per heavy atom. The van der Waals surface area contributed by atoms with Gasteiger partial charge in [0.15, 0.2) is 0 Å². The van der Waals surface area contributed by atoms with Crippen molar-refractivity contribution in [3.05, 3.63) is 42.5 Å². The second-order valence-electron chi connectivity index (χ2n) is 4.94. The maximum atomic E-state index is 8.89. The van der Waals surface area contributed by atoms with Crippen molar-refractivity contribution < 1.29 is 4.74 Å². The van der Waals surface area contributed by atoms with Crippen LogP contribution in [0, 0.1) is 11.3 Å². The van der Waals surface area contributed by atoms with Gasteiger partial charge in [-0.1, -0.05) is 12.1 Å². The molecule has 1 aromatic heterocycles. The predicted octanol–water partition coefficient (Wildman–Crippen LogP) is 3.21. The lowest BCUT2D eigenvalue weighted by Gasteiger charge is -2.09. The standard InChI is InChI=1S/C17H16N4O/c1-22-16-8-7-12(11-13(16)19)17-20-14-5-2-3-6-15(14)21(17)10-4-9-18/h2-3,5-8,11H,4,10,19H2,1H3. The molecule has 0 spiro atoms. The molecule has 0 saturated carbocycles. The quantitative estimate of drug-likeness (QED) is 0.749. The molecule has 5 heteroatoms. The first-order valence-corrected chi connectivity index (χ1v) is 7.00. The van der Waals surface area contributed by atoms with Gasteiger partial charge in [-0.2, -0.15) is 5.26 Å². The van der Waals surface area contributed by atoms with Crippen molar-refractivity contribution >= 4 is 16.7 Å². The molecule has 2 N–H and O–H groups in total. The van der Waals surface area contributed by atoms with Crippen LogP contribution >= 0.6 is 0 Å². The lowest BCUT2D eigenvalue weighted by molar-refractivity contribution is 0.417. The van der Waals surface area contributed by atoms with Gasteiger partial charge in [0.1, 0.15) is 11.6 Å². The van der Waals surface area contributed by atoms with Crippen LogP contribution in [-0.2, 0) is 6.54 Å². The summed E-state index contributed by atoms with van der Waals surface area (Å²) in [6, 6.07) is 15.7. The predicted molar refractivity (Wildman–Crippen MR) is 86.4 cm³/mol. The molecule has 0 unspecified atom stereocenters. The molecule has 0 atom stereocenters. The highest BCUT2D eigenvalue weighted by Crippen LogP contribution is 2.30. The van der Waals surface area contributed by atoms with Crippen molar-refractivity contribution in [3.8, 4) is 23.2 Å². The van der Waals surface area contributed by atoms with E-state index in [1.54, 1.807) is 7.11 Å². The van der Waals surface area contributed by atoms with Crippen molar-refractivity contribution in [2.75, 3.05) is 12.8 Å². The largest absolute Gasteiger partial charge is 0.495 e. The zero-order valence-corrected chi connectivity index (χ0v) is 12.3. The van der Waals surface area contributed by atoms with Crippen molar-refractivity contribution in [3.63, 3.8) is 0 Å². The van der Waals surface area contributed by atoms with Gasteiger partial charge < -0.3 is 15.0 Å². The highest BCUT2D eigenvalue weighted by molar-refractivity contribution is 5.81. The van der Waals surface area contributed by atoms with E-state index in [4.69, 9.17) is 15.7 Å². The van der Waals surface area contributed by atoms with Crippen molar-refractivity contribution in [2.45, 2.75) is 13.0 Å². The number of aromatic nitrogens is 2. The Bertz CT molecular complexity index is 861. The molecule has 1 heterocycles. The van der Waals surface area contributed by atoms with E-state index in [0.29, 0.717) is 24.4 Å². The van der Waals surface area contributed by atoms with E-state index in [2.05, 4.69) is 15.6 Å². The maximum Gasteiger partial charge on any atom is 0.141 e. The fourth-order valence-electron chi connectivity index (χ4n) is 2.56. The second kappa shape index (κ2) is 5.78. The third-order valence-electron chi connectivity index (χ3n) is 3.59. The molecule has 0 aliphatic heterocycles. The number of benzene rings is 2. The fourth-order valence-corrected chi connectivity index (χ4v) is 2.56. The van der Waals surface area contributed by atoms with Crippen LogP contribution in [0.4, 0.5) is 5.69 Å². The van der Waals surface area contributed by atoms with Gasteiger partial charge in [-0.25, -0.2) is 4.98 Å². The van der Waals surface area contributed by atoms with E-state index in [9.17, 15) is 0 Å².